The summed E-state index contributed by atoms with van der Waals surface area (Å²) in [4.78, 5) is 42.3. The lowest BCUT2D eigenvalue weighted by atomic mass is 9.85. The summed E-state index contributed by atoms with van der Waals surface area (Å²) in [6.45, 7) is 3.89. The third-order valence-corrected chi connectivity index (χ3v) is 6.32. The molecule has 1 heterocycles. The highest BCUT2D eigenvalue weighted by molar-refractivity contribution is 14.0. The van der Waals surface area contributed by atoms with E-state index in [2.05, 4.69) is 27.8 Å². The molecule has 1 saturated heterocycles. The molecule has 2 fully saturated rings. The lowest BCUT2D eigenvalue weighted by Crippen LogP contribution is -2.43. The van der Waals surface area contributed by atoms with Crippen molar-refractivity contribution in [3.63, 3.8) is 0 Å². The number of esters is 1. The van der Waals surface area contributed by atoms with Gasteiger partial charge in [0.15, 0.2) is 5.96 Å². The van der Waals surface area contributed by atoms with E-state index in [4.69, 9.17) is 4.74 Å². The maximum absolute atomic E-state index is 12.7. The fourth-order valence-corrected chi connectivity index (χ4v) is 4.88. The van der Waals surface area contributed by atoms with Crippen LogP contribution in [0.2, 0.25) is 0 Å². The SMILES string of the molecule is CCOC(=O)CCCCCCNC(=NC)NCCN1C(=O)C2C3C=CC(C3)C2C1=O.I. The maximum Gasteiger partial charge on any atom is 0.305 e. The van der Waals surface area contributed by atoms with Gasteiger partial charge < -0.3 is 15.4 Å². The average molecular weight is 546 g/mol. The number of guanidine groups is 1. The molecular weight excluding hydrogens is 511 g/mol. The zero-order valence-corrected chi connectivity index (χ0v) is 20.8. The van der Waals surface area contributed by atoms with Gasteiger partial charge in [0, 0.05) is 33.1 Å². The first-order valence-corrected chi connectivity index (χ1v) is 11.2. The molecule has 8 nitrogen and oxygen atoms in total. The quantitative estimate of drug-likeness (QED) is 0.0784. The van der Waals surface area contributed by atoms with Gasteiger partial charge in [-0.15, -0.1) is 24.0 Å². The number of likely N-dealkylation sites (tertiary alicyclic amines) is 1. The van der Waals surface area contributed by atoms with Crippen LogP contribution in [0.1, 0.15) is 45.4 Å². The van der Waals surface area contributed by atoms with Crippen LogP contribution < -0.4 is 10.6 Å². The summed E-state index contributed by atoms with van der Waals surface area (Å²) in [5, 5.41) is 6.44. The van der Waals surface area contributed by atoms with Gasteiger partial charge in [-0.3, -0.25) is 24.3 Å². The van der Waals surface area contributed by atoms with Crippen LogP contribution in [0.3, 0.4) is 0 Å². The van der Waals surface area contributed by atoms with Gasteiger partial charge in [-0.1, -0.05) is 25.0 Å². The van der Waals surface area contributed by atoms with Gasteiger partial charge in [-0.25, -0.2) is 0 Å². The van der Waals surface area contributed by atoms with E-state index in [1.165, 1.54) is 4.90 Å². The van der Waals surface area contributed by atoms with Gasteiger partial charge in [0.2, 0.25) is 11.8 Å². The number of nitrogens with one attached hydrogen (secondary N) is 2. The first-order chi connectivity index (χ1) is 14.6. The molecule has 174 valence electrons. The molecule has 1 aliphatic heterocycles. The van der Waals surface area contributed by atoms with E-state index >= 15 is 0 Å². The lowest BCUT2D eigenvalue weighted by Gasteiger charge is -2.18. The smallest absolute Gasteiger partial charge is 0.305 e. The Morgan fingerprint density at radius 1 is 1.06 bits per heavy atom. The number of nitrogens with zero attached hydrogens (tertiary/aromatic N) is 2. The Labute approximate surface area is 201 Å². The molecule has 0 aromatic heterocycles. The van der Waals surface area contributed by atoms with Gasteiger partial charge in [0.25, 0.3) is 0 Å². The topological polar surface area (TPSA) is 100 Å². The molecule has 0 spiro atoms. The van der Waals surface area contributed by atoms with Gasteiger partial charge in [0.1, 0.15) is 0 Å². The highest BCUT2D eigenvalue weighted by Crippen LogP contribution is 2.52. The number of unbranched alkanes of at least 4 members (excludes halogenated alkanes) is 3. The third-order valence-electron chi connectivity index (χ3n) is 6.32. The number of imide groups is 1. The van der Waals surface area contributed by atoms with Crippen LogP contribution in [0.4, 0.5) is 0 Å². The Balaban J connectivity index is 0.00000341. The highest BCUT2D eigenvalue weighted by Gasteiger charge is 2.58. The molecule has 1 saturated carbocycles. The number of carbonyl (C=O) groups excluding carboxylic acids is 3. The summed E-state index contributed by atoms with van der Waals surface area (Å²) in [6, 6.07) is 0. The van der Waals surface area contributed by atoms with E-state index in [1.54, 1.807) is 7.05 Å². The highest BCUT2D eigenvalue weighted by atomic mass is 127. The molecule has 3 rings (SSSR count). The van der Waals surface area contributed by atoms with Crippen LogP contribution >= 0.6 is 24.0 Å². The molecule has 3 aliphatic rings. The normalized spacial score (nSPS) is 26.1. The van der Waals surface area contributed by atoms with Gasteiger partial charge in [0.05, 0.1) is 18.4 Å². The number of amides is 2. The van der Waals surface area contributed by atoms with Crippen molar-refractivity contribution in [3.05, 3.63) is 12.2 Å². The molecular formula is C22H35IN4O4. The summed E-state index contributed by atoms with van der Waals surface area (Å²) in [5.74, 6) is 0.777. The van der Waals surface area contributed by atoms with Gasteiger partial charge in [-0.2, -0.15) is 0 Å². The van der Waals surface area contributed by atoms with Crippen LogP contribution in [0.15, 0.2) is 17.1 Å². The van der Waals surface area contributed by atoms with E-state index in [0.29, 0.717) is 32.1 Å². The monoisotopic (exact) mass is 546 g/mol. The van der Waals surface area contributed by atoms with Crippen molar-refractivity contribution >= 4 is 47.7 Å². The average Bonchev–Trinajstić information content (AvgIpc) is 3.41. The summed E-state index contributed by atoms with van der Waals surface area (Å²) >= 11 is 0. The molecule has 2 aliphatic carbocycles. The predicted octanol–water partition coefficient (Wildman–Crippen LogP) is 2.09. The van der Waals surface area contributed by atoms with Gasteiger partial charge >= 0.3 is 5.97 Å². The van der Waals surface area contributed by atoms with Crippen LogP contribution in [-0.2, 0) is 19.1 Å². The predicted molar refractivity (Wildman–Crippen MR) is 129 cm³/mol. The number of halogens is 1. The first-order valence-electron chi connectivity index (χ1n) is 11.2. The summed E-state index contributed by atoms with van der Waals surface area (Å²) < 4.78 is 4.91. The molecule has 31 heavy (non-hydrogen) atoms. The second kappa shape index (κ2) is 12.4. The van der Waals surface area contributed by atoms with Crippen LogP contribution in [-0.4, -0.2) is 61.9 Å². The number of rotatable bonds is 11. The van der Waals surface area contributed by atoms with Crippen LogP contribution in [0.5, 0.6) is 0 Å². The van der Waals surface area contributed by atoms with E-state index in [-0.39, 0.29) is 65.4 Å². The first kappa shape index (κ1) is 25.6. The second-order valence-corrected chi connectivity index (χ2v) is 8.22. The molecule has 2 bridgehead atoms. The molecule has 2 amide bonds. The standard InChI is InChI=1S/C22H34N4O4.HI/c1-3-30-17(27)8-6-4-5-7-11-24-22(23-2)25-12-13-26-20(28)18-15-9-10-16(14-15)19(18)21(26)29;/h9-10,15-16,18-19H,3-8,11-14H2,1-2H3,(H2,23,24,25);1H. The Hall–Kier alpha value is -1.65. The van der Waals surface area contributed by atoms with Crippen molar-refractivity contribution in [1.82, 2.24) is 15.5 Å². The third kappa shape index (κ3) is 6.20. The van der Waals surface area contributed by atoms with E-state index in [9.17, 15) is 14.4 Å². The molecule has 4 unspecified atom stereocenters. The van der Waals surface area contributed by atoms with Crippen molar-refractivity contribution in [2.24, 2.45) is 28.7 Å². The number of ether oxygens (including phenoxy) is 1. The maximum atomic E-state index is 12.7. The zero-order chi connectivity index (χ0) is 21.5. The Morgan fingerprint density at radius 2 is 1.68 bits per heavy atom. The minimum atomic E-state index is -0.131. The Kier molecular flexibility index (Phi) is 10.2. The zero-order valence-electron chi connectivity index (χ0n) is 18.5. The summed E-state index contributed by atoms with van der Waals surface area (Å²) in [5.41, 5.74) is 0. The summed E-state index contributed by atoms with van der Waals surface area (Å²) in [6.07, 6.45) is 9.51. The van der Waals surface area contributed by atoms with Crippen molar-refractivity contribution in [2.75, 3.05) is 33.3 Å². The molecule has 0 radical (unpaired) electrons. The van der Waals surface area contributed by atoms with Crippen LogP contribution in [0, 0.1) is 23.7 Å². The molecule has 9 heteroatoms. The number of allylic oxidation sites excluding steroid dienone is 2. The Morgan fingerprint density at radius 3 is 2.29 bits per heavy atom. The Bertz CT molecular complexity index is 682. The number of fused-ring (bicyclic) bond motifs is 5. The minimum absolute atomic E-state index is 0. The largest absolute Gasteiger partial charge is 0.466 e. The van der Waals surface area contributed by atoms with E-state index in [0.717, 1.165) is 38.6 Å². The molecule has 0 aromatic carbocycles. The molecule has 4 atom stereocenters. The van der Waals surface area contributed by atoms with Gasteiger partial charge in [-0.05, 0) is 38.0 Å². The summed E-state index contributed by atoms with van der Waals surface area (Å²) in [7, 11) is 1.70. The number of aliphatic imine (C=N–C) groups is 1. The number of hydrogen-bond acceptors (Lipinski definition) is 5. The number of hydrogen-bond donors (Lipinski definition) is 2. The van der Waals surface area contributed by atoms with E-state index in [1.807, 2.05) is 6.92 Å². The second-order valence-electron chi connectivity index (χ2n) is 8.22. The van der Waals surface area contributed by atoms with Crippen LogP contribution in [0.25, 0.3) is 0 Å². The fraction of sp³-hybridized carbons (Fsp3) is 0.727. The minimum Gasteiger partial charge on any atom is -0.466 e. The number of carbonyl (C=O) groups is 3. The molecule has 0 aromatic rings. The lowest BCUT2D eigenvalue weighted by molar-refractivity contribution is -0.143. The van der Waals surface area contributed by atoms with Crippen molar-refractivity contribution in [2.45, 2.75) is 45.4 Å². The fourth-order valence-electron chi connectivity index (χ4n) is 4.88. The molecule has 2 N–H and O–H groups in total. The van der Waals surface area contributed by atoms with Crippen molar-refractivity contribution in [1.29, 1.82) is 0 Å². The van der Waals surface area contributed by atoms with E-state index < -0.39 is 0 Å². The van der Waals surface area contributed by atoms with Crippen molar-refractivity contribution < 1.29 is 19.1 Å². The van der Waals surface area contributed by atoms with Crippen molar-refractivity contribution in [3.8, 4) is 0 Å².